The zero-order valence-corrected chi connectivity index (χ0v) is 14.0. The SMILES string of the molecule is CC(CN=[N+]=[N-])c1cnc(-c2ccc(F)cc2)c(-c2ccc(F)cc2)n1. The molecule has 0 bridgehead atoms. The lowest BCUT2D eigenvalue weighted by atomic mass is 10.0. The van der Waals surface area contributed by atoms with Crippen LogP contribution < -0.4 is 0 Å². The summed E-state index contributed by atoms with van der Waals surface area (Å²) >= 11 is 0. The number of rotatable bonds is 5. The zero-order chi connectivity index (χ0) is 18.5. The van der Waals surface area contributed by atoms with Gasteiger partial charge in [-0.1, -0.05) is 12.0 Å². The van der Waals surface area contributed by atoms with Gasteiger partial charge in [-0.2, -0.15) is 0 Å². The van der Waals surface area contributed by atoms with E-state index in [4.69, 9.17) is 5.53 Å². The quantitative estimate of drug-likeness (QED) is 0.346. The van der Waals surface area contributed by atoms with E-state index in [-0.39, 0.29) is 24.1 Å². The molecule has 0 aliphatic rings. The number of aromatic nitrogens is 2. The van der Waals surface area contributed by atoms with Crippen molar-refractivity contribution in [2.75, 3.05) is 6.54 Å². The van der Waals surface area contributed by atoms with Crippen molar-refractivity contribution in [1.29, 1.82) is 0 Å². The van der Waals surface area contributed by atoms with E-state index >= 15 is 0 Å². The molecule has 2 aromatic carbocycles. The lowest BCUT2D eigenvalue weighted by molar-refractivity contribution is 0.627. The summed E-state index contributed by atoms with van der Waals surface area (Å²) in [7, 11) is 0. The molecule has 0 N–H and O–H groups in total. The predicted molar refractivity (Wildman–Crippen MR) is 95.2 cm³/mol. The standard InChI is InChI=1S/C19H15F2N5/c1-12(10-24-26-22)17-11-23-18(13-2-6-15(20)7-3-13)19(25-17)14-4-8-16(21)9-5-14/h2-9,11-12H,10H2,1H3. The predicted octanol–water partition coefficient (Wildman–Crippen LogP) is 5.50. The van der Waals surface area contributed by atoms with Crippen LogP contribution in [0.4, 0.5) is 8.78 Å². The summed E-state index contributed by atoms with van der Waals surface area (Å²) in [5.74, 6) is -0.817. The summed E-state index contributed by atoms with van der Waals surface area (Å²) in [5, 5.41) is 3.57. The van der Waals surface area contributed by atoms with Gasteiger partial charge in [0.15, 0.2) is 0 Å². The molecule has 0 spiro atoms. The van der Waals surface area contributed by atoms with E-state index in [1.165, 1.54) is 24.3 Å². The molecule has 1 atom stereocenters. The smallest absolute Gasteiger partial charge is 0.123 e. The summed E-state index contributed by atoms with van der Waals surface area (Å²) in [6.45, 7) is 2.13. The largest absolute Gasteiger partial charge is 0.252 e. The third-order valence-electron chi connectivity index (χ3n) is 3.95. The minimum atomic E-state index is -0.349. The molecule has 0 aliphatic heterocycles. The normalized spacial score (nSPS) is 11.7. The monoisotopic (exact) mass is 351 g/mol. The molecule has 5 nitrogen and oxygen atoms in total. The van der Waals surface area contributed by atoms with Crippen molar-refractivity contribution in [3.8, 4) is 22.5 Å². The lowest BCUT2D eigenvalue weighted by Gasteiger charge is -2.13. The van der Waals surface area contributed by atoms with Crippen LogP contribution in [0.3, 0.4) is 0 Å². The minimum Gasteiger partial charge on any atom is -0.252 e. The Morgan fingerprint density at radius 3 is 2.04 bits per heavy atom. The van der Waals surface area contributed by atoms with E-state index in [2.05, 4.69) is 20.0 Å². The average molecular weight is 351 g/mol. The maximum absolute atomic E-state index is 13.3. The van der Waals surface area contributed by atoms with Gasteiger partial charge in [0, 0.05) is 34.7 Å². The van der Waals surface area contributed by atoms with Gasteiger partial charge in [0.05, 0.1) is 17.1 Å². The van der Waals surface area contributed by atoms with Gasteiger partial charge in [0.25, 0.3) is 0 Å². The first kappa shape index (κ1) is 17.5. The topological polar surface area (TPSA) is 74.5 Å². The number of hydrogen-bond acceptors (Lipinski definition) is 3. The lowest BCUT2D eigenvalue weighted by Crippen LogP contribution is -2.04. The van der Waals surface area contributed by atoms with Crippen molar-refractivity contribution in [2.45, 2.75) is 12.8 Å². The molecule has 0 amide bonds. The van der Waals surface area contributed by atoms with Crippen LogP contribution in [-0.2, 0) is 0 Å². The second kappa shape index (κ2) is 7.72. The highest BCUT2D eigenvalue weighted by molar-refractivity contribution is 5.77. The van der Waals surface area contributed by atoms with Crippen molar-refractivity contribution in [3.05, 3.63) is 82.5 Å². The maximum Gasteiger partial charge on any atom is 0.123 e. The Morgan fingerprint density at radius 1 is 0.962 bits per heavy atom. The van der Waals surface area contributed by atoms with Crippen LogP contribution in [0.1, 0.15) is 18.5 Å². The molecule has 1 unspecified atom stereocenters. The highest BCUT2D eigenvalue weighted by atomic mass is 19.1. The van der Waals surface area contributed by atoms with Crippen molar-refractivity contribution in [3.63, 3.8) is 0 Å². The molecule has 0 radical (unpaired) electrons. The van der Waals surface area contributed by atoms with Crippen LogP contribution in [-0.4, -0.2) is 16.5 Å². The van der Waals surface area contributed by atoms with Crippen molar-refractivity contribution >= 4 is 0 Å². The second-order valence-corrected chi connectivity index (χ2v) is 5.82. The highest BCUT2D eigenvalue weighted by Crippen LogP contribution is 2.30. The molecular weight excluding hydrogens is 336 g/mol. The van der Waals surface area contributed by atoms with Crippen LogP contribution in [0.5, 0.6) is 0 Å². The van der Waals surface area contributed by atoms with Crippen LogP contribution in [0.25, 0.3) is 33.0 Å². The Balaban J connectivity index is 2.12. The Bertz CT molecular complexity index is 949. The Morgan fingerprint density at radius 2 is 1.50 bits per heavy atom. The van der Waals surface area contributed by atoms with Gasteiger partial charge >= 0.3 is 0 Å². The van der Waals surface area contributed by atoms with Gasteiger partial charge in [-0.25, -0.2) is 13.8 Å². The van der Waals surface area contributed by atoms with Crippen LogP contribution in [0, 0.1) is 11.6 Å². The molecule has 3 rings (SSSR count). The number of hydrogen-bond donors (Lipinski definition) is 0. The molecule has 3 aromatic rings. The number of nitrogens with zero attached hydrogens (tertiary/aromatic N) is 5. The first-order valence-corrected chi connectivity index (χ1v) is 7.98. The van der Waals surface area contributed by atoms with Crippen molar-refractivity contribution in [1.82, 2.24) is 9.97 Å². The Kier molecular flexibility index (Phi) is 5.20. The van der Waals surface area contributed by atoms with Gasteiger partial charge in [0.2, 0.25) is 0 Å². The van der Waals surface area contributed by atoms with E-state index in [9.17, 15) is 8.78 Å². The van der Waals surface area contributed by atoms with E-state index in [1.807, 2.05) is 6.92 Å². The van der Waals surface area contributed by atoms with Crippen LogP contribution in [0.15, 0.2) is 59.8 Å². The summed E-state index contributed by atoms with van der Waals surface area (Å²) in [6.07, 6.45) is 1.61. The fourth-order valence-electron chi connectivity index (χ4n) is 2.52. The average Bonchev–Trinajstić information content (AvgIpc) is 2.67. The fourth-order valence-corrected chi connectivity index (χ4v) is 2.52. The summed E-state index contributed by atoms with van der Waals surface area (Å²) in [6, 6.07) is 11.9. The molecule has 1 aromatic heterocycles. The summed E-state index contributed by atoms with van der Waals surface area (Å²) < 4.78 is 26.5. The Hall–Kier alpha value is -3.31. The third-order valence-corrected chi connectivity index (χ3v) is 3.95. The van der Waals surface area contributed by atoms with E-state index in [0.717, 1.165) is 0 Å². The molecular formula is C19H15F2N5. The molecule has 0 fully saturated rings. The minimum absolute atomic E-state index is 0.125. The number of benzene rings is 2. The van der Waals surface area contributed by atoms with Gasteiger partial charge < -0.3 is 0 Å². The van der Waals surface area contributed by atoms with Crippen molar-refractivity contribution in [2.24, 2.45) is 5.11 Å². The molecule has 7 heteroatoms. The van der Waals surface area contributed by atoms with Gasteiger partial charge in [-0.15, -0.1) is 0 Å². The number of azide groups is 1. The fraction of sp³-hybridized carbons (Fsp3) is 0.158. The molecule has 26 heavy (non-hydrogen) atoms. The summed E-state index contributed by atoms with van der Waals surface area (Å²) in [5.41, 5.74) is 11.7. The molecule has 0 aliphatic carbocycles. The first-order valence-electron chi connectivity index (χ1n) is 7.98. The van der Waals surface area contributed by atoms with Crippen molar-refractivity contribution < 1.29 is 8.78 Å². The maximum atomic E-state index is 13.3. The van der Waals surface area contributed by atoms with Crippen LogP contribution in [0.2, 0.25) is 0 Å². The van der Waals surface area contributed by atoms with E-state index in [0.29, 0.717) is 28.2 Å². The molecule has 0 saturated heterocycles. The molecule has 1 heterocycles. The summed E-state index contributed by atoms with van der Waals surface area (Å²) in [4.78, 5) is 11.9. The zero-order valence-electron chi connectivity index (χ0n) is 14.0. The number of halogens is 2. The van der Waals surface area contributed by atoms with Gasteiger partial charge in [-0.05, 0) is 54.1 Å². The highest BCUT2D eigenvalue weighted by Gasteiger charge is 2.15. The Labute approximate surface area is 149 Å². The van der Waals surface area contributed by atoms with Crippen LogP contribution >= 0.6 is 0 Å². The first-order chi connectivity index (χ1) is 12.6. The molecule has 0 saturated carbocycles. The third kappa shape index (κ3) is 3.84. The van der Waals surface area contributed by atoms with E-state index < -0.39 is 0 Å². The van der Waals surface area contributed by atoms with Gasteiger partial charge in [0.1, 0.15) is 11.6 Å². The molecule has 130 valence electrons. The van der Waals surface area contributed by atoms with E-state index in [1.54, 1.807) is 30.5 Å². The van der Waals surface area contributed by atoms with Gasteiger partial charge in [-0.3, -0.25) is 4.98 Å². The second-order valence-electron chi connectivity index (χ2n) is 5.82.